The van der Waals surface area contributed by atoms with Gasteiger partial charge in [0.15, 0.2) is 28.9 Å². The fraction of sp³-hybridized carbons (Fsp3) is 0.415. The van der Waals surface area contributed by atoms with Crippen LogP contribution in [0.5, 0.6) is 0 Å². The Bertz CT molecular complexity index is 1550. The predicted molar refractivity (Wildman–Crippen MR) is 200 cm³/mol. The quantitative estimate of drug-likeness (QED) is 0.0552. The van der Waals surface area contributed by atoms with Crippen LogP contribution in [0.15, 0.2) is 91.0 Å². The van der Waals surface area contributed by atoms with Gasteiger partial charge in [0.25, 0.3) is 0 Å². The van der Waals surface area contributed by atoms with Crippen LogP contribution in [0.1, 0.15) is 82.4 Å². The van der Waals surface area contributed by atoms with Crippen LogP contribution in [0, 0.1) is 5.92 Å². The number of aliphatic hydroxyl groups is 1. The van der Waals surface area contributed by atoms with Crippen molar-refractivity contribution in [3.63, 3.8) is 0 Å². The van der Waals surface area contributed by atoms with Crippen LogP contribution in [-0.4, -0.2) is 91.8 Å². The Labute approximate surface area is 306 Å². The predicted octanol–water partition coefficient (Wildman–Crippen LogP) is 3.76. The summed E-state index contributed by atoms with van der Waals surface area (Å²) in [6.45, 7) is 1.03. The summed E-state index contributed by atoms with van der Waals surface area (Å²) in [7, 11) is 0. The number of hydrogen-bond acceptors (Lipinski definition) is 10. The maximum Gasteiger partial charge on any atom is 0.223 e. The van der Waals surface area contributed by atoms with Gasteiger partial charge < -0.3 is 26.4 Å². The van der Waals surface area contributed by atoms with Crippen LogP contribution >= 0.6 is 0 Å². The summed E-state index contributed by atoms with van der Waals surface area (Å²) in [4.78, 5) is 76.4. The number of rotatable bonds is 28. The first-order valence-corrected chi connectivity index (χ1v) is 18.1. The van der Waals surface area contributed by atoms with E-state index in [-0.39, 0.29) is 73.8 Å². The molecule has 5 N–H and O–H groups in total. The molecule has 11 nitrogen and oxygen atoms in total. The topological polar surface area (TPSA) is 171 Å². The third kappa shape index (κ3) is 16.1. The zero-order valence-corrected chi connectivity index (χ0v) is 29.8. The number of amides is 1. The molecule has 0 heterocycles. The van der Waals surface area contributed by atoms with Crippen molar-refractivity contribution < 1.29 is 33.9 Å². The lowest BCUT2D eigenvalue weighted by molar-refractivity contribution is -0.130. The van der Waals surface area contributed by atoms with Gasteiger partial charge in [-0.3, -0.25) is 28.8 Å². The summed E-state index contributed by atoms with van der Waals surface area (Å²) in [6, 6.07) is 26.2. The number of hydrogen-bond donors (Lipinski definition) is 5. The molecule has 2 unspecified atom stereocenters. The SMILES string of the molecule is O=C(CO)CCCNC(=O)C(CCCNCC(=O)c1ccccc1)CC(=O)C(CCCCNCC(=O)c1ccccc1)NCC(=O)c1ccccc1. The standard InChI is InChI=1S/C41H52N4O7/c46-30-35(47)21-13-25-44-41(52)34(20-12-24-43-28-39(50)32-16-6-2-7-17-32)26-37(48)36(45-29-40(51)33-18-8-3-9-19-33)22-10-11-23-42-27-38(49)31-14-4-1-5-15-31/h1-9,14-19,34,36,42-43,45-46H,10-13,20-30H2,(H,44,52). The summed E-state index contributed by atoms with van der Waals surface area (Å²) in [5.41, 5.74) is 1.78. The summed E-state index contributed by atoms with van der Waals surface area (Å²) in [5, 5.41) is 21.3. The Morgan fingerprint density at radius 1 is 0.558 bits per heavy atom. The summed E-state index contributed by atoms with van der Waals surface area (Å²) in [5.74, 6) is -1.66. The monoisotopic (exact) mass is 712 g/mol. The van der Waals surface area contributed by atoms with Gasteiger partial charge in [-0.25, -0.2) is 0 Å². The van der Waals surface area contributed by atoms with E-state index in [0.29, 0.717) is 68.3 Å². The van der Waals surface area contributed by atoms with Crippen LogP contribution in [0.3, 0.4) is 0 Å². The van der Waals surface area contributed by atoms with E-state index in [2.05, 4.69) is 21.3 Å². The summed E-state index contributed by atoms with van der Waals surface area (Å²) in [6.07, 6.45) is 3.15. The van der Waals surface area contributed by atoms with Crippen LogP contribution in [0.25, 0.3) is 0 Å². The fourth-order valence-electron chi connectivity index (χ4n) is 5.68. The van der Waals surface area contributed by atoms with Crippen molar-refractivity contribution in [2.75, 3.05) is 45.9 Å². The van der Waals surface area contributed by atoms with E-state index < -0.39 is 18.6 Å². The van der Waals surface area contributed by atoms with Crippen LogP contribution in [0.2, 0.25) is 0 Å². The molecular weight excluding hydrogens is 660 g/mol. The molecule has 3 rings (SSSR count). The zero-order valence-electron chi connectivity index (χ0n) is 29.8. The molecule has 1 amide bonds. The van der Waals surface area contributed by atoms with E-state index in [1.165, 1.54) is 0 Å². The first-order valence-electron chi connectivity index (χ1n) is 18.1. The minimum absolute atomic E-state index is 0.00273. The molecule has 3 aromatic carbocycles. The van der Waals surface area contributed by atoms with E-state index >= 15 is 0 Å². The molecule has 0 aliphatic carbocycles. The maximum absolute atomic E-state index is 13.8. The van der Waals surface area contributed by atoms with Crippen molar-refractivity contribution in [1.82, 2.24) is 21.3 Å². The number of unbranched alkanes of at least 4 members (excludes halogenated alkanes) is 1. The number of benzene rings is 3. The maximum atomic E-state index is 13.8. The summed E-state index contributed by atoms with van der Waals surface area (Å²) < 4.78 is 0. The van der Waals surface area contributed by atoms with Gasteiger partial charge in [0.05, 0.1) is 25.7 Å². The molecule has 2 atom stereocenters. The normalized spacial score (nSPS) is 12.1. The van der Waals surface area contributed by atoms with E-state index in [1.807, 2.05) is 30.3 Å². The highest BCUT2D eigenvalue weighted by molar-refractivity contribution is 5.99. The lowest BCUT2D eigenvalue weighted by Gasteiger charge is -2.22. The molecule has 0 aliphatic rings. The third-order valence-electron chi connectivity index (χ3n) is 8.68. The molecule has 0 fully saturated rings. The van der Waals surface area contributed by atoms with Crippen LogP contribution < -0.4 is 21.3 Å². The largest absolute Gasteiger partial charge is 0.389 e. The lowest BCUT2D eigenvalue weighted by Crippen LogP contribution is -2.42. The molecule has 0 saturated heterocycles. The molecule has 3 aromatic rings. The second-order valence-electron chi connectivity index (χ2n) is 12.8. The highest BCUT2D eigenvalue weighted by atomic mass is 16.3. The first kappa shape index (κ1) is 41.7. The summed E-state index contributed by atoms with van der Waals surface area (Å²) >= 11 is 0. The molecule has 0 bridgehead atoms. The minimum atomic E-state index is -0.669. The molecular formula is C41H52N4O7. The van der Waals surface area contributed by atoms with Crippen molar-refractivity contribution >= 4 is 34.8 Å². The smallest absolute Gasteiger partial charge is 0.223 e. The molecule has 0 saturated carbocycles. The third-order valence-corrected chi connectivity index (χ3v) is 8.68. The number of carbonyl (C=O) groups is 6. The van der Waals surface area contributed by atoms with Gasteiger partial charge in [-0.05, 0) is 45.2 Å². The highest BCUT2D eigenvalue weighted by Crippen LogP contribution is 2.16. The number of aliphatic hydroxyl groups excluding tert-OH is 1. The molecule has 0 aromatic heterocycles. The minimum Gasteiger partial charge on any atom is -0.389 e. The Hall–Kier alpha value is -4.68. The van der Waals surface area contributed by atoms with Gasteiger partial charge >= 0.3 is 0 Å². The first-order chi connectivity index (χ1) is 25.3. The van der Waals surface area contributed by atoms with Crippen molar-refractivity contribution in [1.29, 1.82) is 0 Å². The zero-order chi connectivity index (χ0) is 37.4. The lowest BCUT2D eigenvalue weighted by atomic mass is 9.91. The average Bonchev–Trinajstić information content (AvgIpc) is 3.18. The van der Waals surface area contributed by atoms with Crippen molar-refractivity contribution in [3.8, 4) is 0 Å². The number of carbonyl (C=O) groups excluding carboxylic acids is 6. The Morgan fingerprint density at radius 2 is 1.06 bits per heavy atom. The highest BCUT2D eigenvalue weighted by Gasteiger charge is 2.27. The van der Waals surface area contributed by atoms with E-state index in [0.717, 1.165) is 0 Å². The van der Waals surface area contributed by atoms with E-state index in [1.54, 1.807) is 60.7 Å². The van der Waals surface area contributed by atoms with Gasteiger partial charge in [0.2, 0.25) is 5.91 Å². The Balaban J connectivity index is 1.58. The molecule has 0 aliphatic heterocycles. The second-order valence-corrected chi connectivity index (χ2v) is 12.8. The van der Waals surface area contributed by atoms with Gasteiger partial charge in [-0.1, -0.05) is 97.4 Å². The van der Waals surface area contributed by atoms with Crippen molar-refractivity contribution in [2.45, 2.75) is 57.4 Å². The van der Waals surface area contributed by atoms with Gasteiger partial charge in [0.1, 0.15) is 6.61 Å². The van der Waals surface area contributed by atoms with Gasteiger partial charge in [-0.15, -0.1) is 0 Å². The molecule has 52 heavy (non-hydrogen) atoms. The van der Waals surface area contributed by atoms with Gasteiger partial charge in [0, 0.05) is 42.0 Å². The second kappa shape index (κ2) is 24.5. The number of nitrogens with one attached hydrogen (secondary N) is 4. The Kier molecular flexibility index (Phi) is 19.7. The fourth-order valence-corrected chi connectivity index (χ4v) is 5.68. The Morgan fingerprint density at radius 3 is 1.58 bits per heavy atom. The molecule has 278 valence electrons. The molecule has 0 spiro atoms. The van der Waals surface area contributed by atoms with Gasteiger partial charge in [-0.2, -0.15) is 0 Å². The van der Waals surface area contributed by atoms with Crippen LogP contribution in [-0.2, 0) is 14.4 Å². The van der Waals surface area contributed by atoms with E-state index in [4.69, 9.17) is 5.11 Å². The van der Waals surface area contributed by atoms with Crippen molar-refractivity contribution in [2.24, 2.45) is 5.92 Å². The molecule has 0 radical (unpaired) electrons. The number of ketones is 5. The average molecular weight is 713 g/mol. The molecule has 11 heteroatoms. The number of Topliss-reactive ketones (excluding diaryl/α,β-unsaturated/α-hetero) is 5. The van der Waals surface area contributed by atoms with E-state index in [9.17, 15) is 28.8 Å². The van der Waals surface area contributed by atoms with Crippen LogP contribution in [0.4, 0.5) is 0 Å². The van der Waals surface area contributed by atoms with Crippen molar-refractivity contribution in [3.05, 3.63) is 108 Å².